The molecule has 0 radical (unpaired) electrons. The van der Waals surface area contributed by atoms with Crippen molar-refractivity contribution in [2.24, 2.45) is 5.92 Å². The minimum Gasteiger partial charge on any atom is -0.349 e. The molecule has 2 unspecified atom stereocenters. The molecular formula is C22H24ClN3O3. The number of rotatable bonds is 4. The number of hydrogen-bond acceptors (Lipinski definition) is 4. The van der Waals surface area contributed by atoms with Crippen molar-refractivity contribution in [1.29, 1.82) is 0 Å². The highest BCUT2D eigenvalue weighted by molar-refractivity contribution is 6.22. The zero-order valence-electron chi connectivity index (χ0n) is 16.2. The molecule has 0 bridgehead atoms. The first-order valence-electron chi connectivity index (χ1n) is 9.60. The third kappa shape index (κ3) is 4.18. The first-order valence-corrected chi connectivity index (χ1v) is 9.60. The van der Waals surface area contributed by atoms with Crippen molar-refractivity contribution in [1.82, 2.24) is 15.5 Å². The van der Waals surface area contributed by atoms with E-state index < -0.39 is 0 Å². The Morgan fingerprint density at radius 2 is 1.83 bits per heavy atom. The number of nitrogens with one attached hydrogen (secondary N) is 2. The van der Waals surface area contributed by atoms with Crippen LogP contribution in [0, 0.1) is 5.92 Å². The highest BCUT2D eigenvalue weighted by Gasteiger charge is 2.36. The number of hydrogen-bond donors (Lipinski definition) is 2. The van der Waals surface area contributed by atoms with E-state index in [-0.39, 0.29) is 42.7 Å². The Hall–Kier alpha value is -2.70. The maximum Gasteiger partial charge on any atom is 0.261 e. The lowest BCUT2D eigenvalue weighted by atomic mass is 9.95. The quantitative estimate of drug-likeness (QED) is 0.755. The van der Waals surface area contributed by atoms with E-state index >= 15 is 0 Å². The van der Waals surface area contributed by atoms with Crippen molar-refractivity contribution >= 4 is 30.1 Å². The molecule has 1 fully saturated rings. The molecule has 2 N–H and O–H groups in total. The van der Waals surface area contributed by atoms with Crippen molar-refractivity contribution in [3.05, 3.63) is 70.8 Å². The fourth-order valence-corrected chi connectivity index (χ4v) is 3.82. The molecule has 0 saturated carbocycles. The molecule has 29 heavy (non-hydrogen) atoms. The summed E-state index contributed by atoms with van der Waals surface area (Å²) < 4.78 is 0. The Balaban J connectivity index is 0.00000240. The molecule has 6 nitrogen and oxygen atoms in total. The number of fused-ring (bicyclic) bond motifs is 1. The maximum atomic E-state index is 12.8. The van der Waals surface area contributed by atoms with E-state index in [0.29, 0.717) is 22.6 Å². The summed E-state index contributed by atoms with van der Waals surface area (Å²) in [5, 5.41) is 6.37. The fourth-order valence-electron chi connectivity index (χ4n) is 3.82. The van der Waals surface area contributed by atoms with Crippen molar-refractivity contribution in [2.45, 2.75) is 25.9 Å². The van der Waals surface area contributed by atoms with Gasteiger partial charge in [0.2, 0.25) is 0 Å². The average molecular weight is 414 g/mol. The van der Waals surface area contributed by atoms with E-state index in [1.807, 2.05) is 30.3 Å². The smallest absolute Gasteiger partial charge is 0.261 e. The normalized spacial score (nSPS) is 20.8. The van der Waals surface area contributed by atoms with Gasteiger partial charge in [-0.25, -0.2) is 0 Å². The third-order valence-electron chi connectivity index (χ3n) is 5.52. The zero-order chi connectivity index (χ0) is 19.7. The van der Waals surface area contributed by atoms with Crippen LogP contribution >= 0.6 is 12.4 Å². The molecule has 2 aliphatic rings. The molecule has 7 heteroatoms. The first-order chi connectivity index (χ1) is 13.5. The number of imide groups is 1. The molecule has 1 saturated heterocycles. The van der Waals surface area contributed by atoms with Gasteiger partial charge < -0.3 is 10.6 Å². The minimum absolute atomic E-state index is 0. The lowest BCUT2D eigenvalue weighted by Crippen LogP contribution is -2.48. The second-order valence-electron chi connectivity index (χ2n) is 7.49. The Labute approximate surface area is 176 Å². The minimum atomic E-state index is -0.353. The van der Waals surface area contributed by atoms with Gasteiger partial charge in [-0.05, 0) is 49.2 Å². The molecule has 2 aromatic rings. The molecule has 0 aromatic heterocycles. The first kappa shape index (κ1) is 21.0. The summed E-state index contributed by atoms with van der Waals surface area (Å²) in [5.41, 5.74) is 1.95. The fraction of sp³-hybridized carbons (Fsp3) is 0.318. The van der Waals surface area contributed by atoms with E-state index in [4.69, 9.17) is 0 Å². The standard InChI is InChI=1S/C22H23N3O3.ClH/c1-14-12-23-10-9-19(14)24-20(26)16-7-8-17-18(11-16)22(28)25(21(17)27)13-15-5-3-2-4-6-15;/h2-8,11,14,19,23H,9-10,12-13H2,1H3,(H,24,26);1H. The summed E-state index contributed by atoms with van der Waals surface area (Å²) in [6, 6.07) is 14.2. The van der Waals surface area contributed by atoms with E-state index in [2.05, 4.69) is 17.6 Å². The summed E-state index contributed by atoms with van der Waals surface area (Å²) in [4.78, 5) is 39.4. The topological polar surface area (TPSA) is 78.5 Å². The van der Waals surface area contributed by atoms with Gasteiger partial charge in [-0.15, -0.1) is 12.4 Å². The van der Waals surface area contributed by atoms with Gasteiger partial charge in [0.25, 0.3) is 17.7 Å². The number of benzene rings is 2. The van der Waals surface area contributed by atoms with E-state index in [0.717, 1.165) is 25.1 Å². The van der Waals surface area contributed by atoms with Gasteiger partial charge in [-0.1, -0.05) is 37.3 Å². The number of piperidine rings is 1. The predicted molar refractivity (Wildman–Crippen MR) is 112 cm³/mol. The molecule has 2 aliphatic heterocycles. The predicted octanol–water partition coefficient (Wildman–Crippen LogP) is 2.63. The number of halogens is 1. The summed E-state index contributed by atoms with van der Waals surface area (Å²) in [7, 11) is 0. The molecule has 3 amide bonds. The molecule has 4 rings (SSSR count). The highest BCUT2D eigenvalue weighted by Crippen LogP contribution is 2.26. The van der Waals surface area contributed by atoms with Gasteiger partial charge >= 0.3 is 0 Å². The van der Waals surface area contributed by atoms with Crippen LogP contribution in [-0.2, 0) is 6.54 Å². The second-order valence-corrected chi connectivity index (χ2v) is 7.49. The lowest BCUT2D eigenvalue weighted by Gasteiger charge is -2.30. The Morgan fingerprint density at radius 3 is 2.55 bits per heavy atom. The molecular weight excluding hydrogens is 390 g/mol. The van der Waals surface area contributed by atoms with Gasteiger partial charge in [0.1, 0.15) is 0 Å². The molecule has 2 heterocycles. The average Bonchev–Trinajstić information content (AvgIpc) is 2.95. The van der Waals surface area contributed by atoms with E-state index in [9.17, 15) is 14.4 Å². The molecule has 2 aromatic carbocycles. The summed E-state index contributed by atoms with van der Waals surface area (Å²) >= 11 is 0. The van der Waals surface area contributed by atoms with Crippen LogP contribution in [0.3, 0.4) is 0 Å². The van der Waals surface area contributed by atoms with Crippen LogP contribution in [0.25, 0.3) is 0 Å². The summed E-state index contributed by atoms with van der Waals surface area (Å²) in [6.07, 6.45) is 0.875. The summed E-state index contributed by atoms with van der Waals surface area (Å²) in [6.45, 7) is 4.07. The SMILES string of the molecule is CC1CNCCC1NC(=O)c1ccc2c(c1)C(=O)N(Cc1ccccc1)C2=O.Cl. The van der Waals surface area contributed by atoms with Crippen LogP contribution < -0.4 is 10.6 Å². The number of carbonyl (C=O) groups is 3. The van der Waals surface area contributed by atoms with Crippen LogP contribution in [0.1, 0.15) is 50.0 Å². The van der Waals surface area contributed by atoms with Gasteiger partial charge in [0.15, 0.2) is 0 Å². The lowest BCUT2D eigenvalue weighted by molar-refractivity contribution is 0.0642. The molecule has 0 aliphatic carbocycles. The van der Waals surface area contributed by atoms with Gasteiger partial charge in [-0.3, -0.25) is 19.3 Å². The van der Waals surface area contributed by atoms with Crippen LogP contribution in [-0.4, -0.2) is 41.8 Å². The molecule has 0 spiro atoms. The number of nitrogens with zero attached hydrogens (tertiary/aromatic N) is 1. The summed E-state index contributed by atoms with van der Waals surface area (Å²) in [5.74, 6) is -0.531. The molecule has 2 atom stereocenters. The zero-order valence-corrected chi connectivity index (χ0v) is 17.0. The third-order valence-corrected chi connectivity index (χ3v) is 5.52. The second kappa shape index (κ2) is 8.76. The van der Waals surface area contributed by atoms with Crippen molar-refractivity contribution in [3.8, 4) is 0 Å². The van der Waals surface area contributed by atoms with Gasteiger partial charge in [0.05, 0.1) is 17.7 Å². The van der Waals surface area contributed by atoms with E-state index in [1.165, 1.54) is 4.90 Å². The molecule has 152 valence electrons. The van der Waals surface area contributed by atoms with Crippen LogP contribution in [0.2, 0.25) is 0 Å². The highest BCUT2D eigenvalue weighted by atomic mass is 35.5. The number of amides is 3. The Bertz CT molecular complexity index is 932. The van der Waals surface area contributed by atoms with Crippen molar-refractivity contribution in [3.63, 3.8) is 0 Å². The maximum absolute atomic E-state index is 12.8. The Kier molecular flexibility index (Phi) is 6.35. The van der Waals surface area contributed by atoms with Crippen LogP contribution in [0.5, 0.6) is 0 Å². The monoisotopic (exact) mass is 413 g/mol. The van der Waals surface area contributed by atoms with Gasteiger partial charge in [0, 0.05) is 11.6 Å². The number of carbonyl (C=O) groups excluding carboxylic acids is 3. The van der Waals surface area contributed by atoms with Gasteiger partial charge in [-0.2, -0.15) is 0 Å². The van der Waals surface area contributed by atoms with Crippen molar-refractivity contribution in [2.75, 3.05) is 13.1 Å². The van der Waals surface area contributed by atoms with Crippen LogP contribution in [0.15, 0.2) is 48.5 Å². The largest absolute Gasteiger partial charge is 0.349 e. The van der Waals surface area contributed by atoms with E-state index in [1.54, 1.807) is 18.2 Å². The van der Waals surface area contributed by atoms with Crippen LogP contribution in [0.4, 0.5) is 0 Å². The van der Waals surface area contributed by atoms with Crippen molar-refractivity contribution < 1.29 is 14.4 Å². The Morgan fingerprint density at radius 1 is 1.10 bits per heavy atom.